The lowest BCUT2D eigenvalue weighted by molar-refractivity contribution is 0.145. The van der Waals surface area contributed by atoms with Gasteiger partial charge in [-0.05, 0) is 37.4 Å². The maximum absolute atomic E-state index is 3.98. The first-order valence-electron chi connectivity index (χ1n) is 8.65. The van der Waals surface area contributed by atoms with Crippen LogP contribution in [0.5, 0.6) is 0 Å². The quantitative estimate of drug-likeness (QED) is 0.747. The summed E-state index contributed by atoms with van der Waals surface area (Å²) in [6, 6.07) is 1.52. The van der Waals surface area contributed by atoms with Crippen molar-refractivity contribution in [3.8, 4) is 0 Å². The Balaban J connectivity index is 1.84. The molecule has 2 fully saturated rings. The number of nitrogens with one attached hydrogen (secondary N) is 1. The van der Waals surface area contributed by atoms with Crippen LogP contribution in [0.15, 0.2) is 0 Å². The molecule has 19 heavy (non-hydrogen) atoms. The van der Waals surface area contributed by atoms with Gasteiger partial charge in [-0.15, -0.1) is 0 Å². The standard InChI is InChI=1S/C17H33NS/c1-3-19-13-14(2)18-17-12-8-7-11-16(17)15-9-5-4-6-10-15/h14-18H,3-13H2,1-2H3. The number of hydrogen-bond donors (Lipinski definition) is 1. The largest absolute Gasteiger partial charge is 0.310 e. The Morgan fingerprint density at radius 1 is 1.00 bits per heavy atom. The minimum atomic E-state index is 0.694. The van der Waals surface area contributed by atoms with Gasteiger partial charge in [-0.2, -0.15) is 11.8 Å². The van der Waals surface area contributed by atoms with E-state index in [1.54, 1.807) is 0 Å². The molecule has 3 atom stereocenters. The molecule has 0 aromatic carbocycles. The SMILES string of the molecule is CCSCC(C)NC1CCCCC1C1CCCCC1. The average molecular weight is 284 g/mol. The van der Waals surface area contributed by atoms with Crippen molar-refractivity contribution < 1.29 is 0 Å². The molecule has 2 heteroatoms. The van der Waals surface area contributed by atoms with E-state index in [4.69, 9.17) is 0 Å². The Kier molecular flexibility index (Phi) is 7.07. The van der Waals surface area contributed by atoms with Gasteiger partial charge in [0, 0.05) is 17.8 Å². The van der Waals surface area contributed by atoms with Crippen molar-refractivity contribution in [2.45, 2.75) is 83.7 Å². The van der Waals surface area contributed by atoms with Crippen LogP contribution < -0.4 is 5.32 Å². The van der Waals surface area contributed by atoms with Gasteiger partial charge in [0.25, 0.3) is 0 Å². The van der Waals surface area contributed by atoms with Crippen molar-refractivity contribution in [2.75, 3.05) is 11.5 Å². The fourth-order valence-corrected chi connectivity index (χ4v) is 4.89. The summed E-state index contributed by atoms with van der Waals surface area (Å²) < 4.78 is 0. The van der Waals surface area contributed by atoms with E-state index in [1.807, 2.05) is 0 Å². The fourth-order valence-electron chi connectivity index (χ4n) is 4.20. The average Bonchev–Trinajstić information content (AvgIpc) is 2.46. The molecule has 1 nitrogen and oxygen atoms in total. The van der Waals surface area contributed by atoms with Crippen molar-refractivity contribution in [1.29, 1.82) is 0 Å². The van der Waals surface area contributed by atoms with Gasteiger partial charge in [-0.1, -0.05) is 51.9 Å². The van der Waals surface area contributed by atoms with Crippen molar-refractivity contribution in [1.82, 2.24) is 5.32 Å². The van der Waals surface area contributed by atoms with Crippen molar-refractivity contribution in [3.05, 3.63) is 0 Å². The third-order valence-corrected chi connectivity index (χ3v) is 6.29. The predicted octanol–water partition coefficient (Wildman–Crippen LogP) is 4.86. The van der Waals surface area contributed by atoms with Crippen LogP contribution >= 0.6 is 11.8 Å². The van der Waals surface area contributed by atoms with Crippen molar-refractivity contribution in [3.63, 3.8) is 0 Å². The molecule has 1 N–H and O–H groups in total. The molecule has 3 unspecified atom stereocenters. The Labute approximate surface area is 124 Å². The van der Waals surface area contributed by atoms with Crippen LogP contribution in [0.1, 0.15) is 71.6 Å². The first kappa shape index (κ1) is 15.7. The van der Waals surface area contributed by atoms with E-state index in [0.29, 0.717) is 6.04 Å². The molecule has 0 aromatic rings. The predicted molar refractivity (Wildman–Crippen MR) is 87.9 cm³/mol. The molecule has 2 aliphatic carbocycles. The Morgan fingerprint density at radius 3 is 2.42 bits per heavy atom. The molecule has 2 rings (SSSR count). The summed E-state index contributed by atoms with van der Waals surface area (Å²) in [5.74, 6) is 4.56. The second kappa shape index (κ2) is 8.56. The van der Waals surface area contributed by atoms with E-state index >= 15 is 0 Å². The minimum absolute atomic E-state index is 0.694. The third-order valence-electron chi connectivity index (χ3n) is 5.15. The highest BCUT2D eigenvalue weighted by molar-refractivity contribution is 7.99. The van der Waals surface area contributed by atoms with E-state index < -0.39 is 0 Å². The molecule has 2 aliphatic rings. The molecule has 0 bridgehead atoms. The van der Waals surface area contributed by atoms with Gasteiger partial charge in [0.1, 0.15) is 0 Å². The molecule has 112 valence electrons. The summed E-state index contributed by atoms with van der Waals surface area (Å²) in [7, 11) is 0. The summed E-state index contributed by atoms with van der Waals surface area (Å²) in [6.07, 6.45) is 13.4. The summed E-state index contributed by atoms with van der Waals surface area (Å²) >= 11 is 2.08. The van der Waals surface area contributed by atoms with E-state index in [2.05, 4.69) is 30.9 Å². The molecule has 0 aromatic heterocycles. The van der Waals surface area contributed by atoms with Gasteiger partial charge in [0.2, 0.25) is 0 Å². The highest BCUT2D eigenvalue weighted by atomic mass is 32.2. The van der Waals surface area contributed by atoms with Crippen LogP contribution in [0.4, 0.5) is 0 Å². The zero-order valence-electron chi connectivity index (χ0n) is 13.0. The Bertz CT molecular complexity index is 237. The van der Waals surface area contributed by atoms with E-state index in [0.717, 1.165) is 17.9 Å². The monoisotopic (exact) mass is 283 g/mol. The van der Waals surface area contributed by atoms with Crippen LogP contribution in [0.2, 0.25) is 0 Å². The number of hydrogen-bond acceptors (Lipinski definition) is 2. The molecule has 0 radical (unpaired) electrons. The van der Waals surface area contributed by atoms with Gasteiger partial charge < -0.3 is 5.32 Å². The van der Waals surface area contributed by atoms with Crippen LogP contribution in [0.3, 0.4) is 0 Å². The maximum Gasteiger partial charge on any atom is 0.0132 e. The lowest BCUT2D eigenvalue weighted by Crippen LogP contribution is -2.46. The van der Waals surface area contributed by atoms with Gasteiger partial charge in [-0.25, -0.2) is 0 Å². The van der Waals surface area contributed by atoms with Gasteiger partial charge >= 0.3 is 0 Å². The molecule has 0 heterocycles. The molecule has 0 saturated heterocycles. The molecular weight excluding hydrogens is 250 g/mol. The van der Waals surface area contributed by atoms with E-state index in [9.17, 15) is 0 Å². The summed E-state index contributed by atoms with van der Waals surface area (Å²) in [5.41, 5.74) is 0. The Hall–Kier alpha value is 0.310. The lowest BCUT2D eigenvalue weighted by Gasteiger charge is -2.40. The fraction of sp³-hybridized carbons (Fsp3) is 1.00. The van der Waals surface area contributed by atoms with E-state index in [-0.39, 0.29) is 0 Å². The summed E-state index contributed by atoms with van der Waals surface area (Å²) in [5, 5.41) is 3.98. The van der Waals surface area contributed by atoms with Crippen LogP contribution in [-0.4, -0.2) is 23.6 Å². The molecule has 2 saturated carbocycles. The van der Waals surface area contributed by atoms with Gasteiger partial charge in [0.05, 0.1) is 0 Å². The second-order valence-corrected chi connectivity index (χ2v) is 8.00. The molecule has 0 amide bonds. The normalized spacial score (nSPS) is 31.3. The van der Waals surface area contributed by atoms with Crippen molar-refractivity contribution >= 4 is 11.8 Å². The highest BCUT2D eigenvalue weighted by Gasteiger charge is 2.32. The zero-order chi connectivity index (χ0) is 13.5. The lowest BCUT2D eigenvalue weighted by atomic mass is 9.71. The topological polar surface area (TPSA) is 12.0 Å². The smallest absolute Gasteiger partial charge is 0.0132 e. The first-order valence-corrected chi connectivity index (χ1v) is 9.80. The molecule has 0 spiro atoms. The minimum Gasteiger partial charge on any atom is -0.310 e. The Morgan fingerprint density at radius 2 is 1.68 bits per heavy atom. The number of thioether (sulfide) groups is 1. The third kappa shape index (κ3) is 4.97. The number of rotatable bonds is 6. The van der Waals surface area contributed by atoms with Crippen LogP contribution in [0, 0.1) is 11.8 Å². The van der Waals surface area contributed by atoms with Crippen LogP contribution in [-0.2, 0) is 0 Å². The zero-order valence-corrected chi connectivity index (χ0v) is 13.8. The molecule has 0 aliphatic heterocycles. The van der Waals surface area contributed by atoms with Gasteiger partial charge in [-0.3, -0.25) is 0 Å². The summed E-state index contributed by atoms with van der Waals surface area (Å²) in [4.78, 5) is 0. The van der Waals surface area contributed by atoms with Crippen LogP contribution in [0.25, 0.3) is 0 Å². The maximum atomic E-state index is 3.98. The highest BCUT2D eigenvalue weighted by Crippen LogP contribution is 2.38. The van der Waals surface area contributed by atoms with Crippen molar-refractivity contribution in [2.24, 2.45) is 11.8 Å². The second-order valence-electron chi connectivity index (χ2n) is 6.68. The van der Waals surface area contributed by atoms with E-state index in [1.165, 1.54) is 69.3 Å². The first-order chi connectivity index (χ1) is 9.31. The summed E-state index contributed by atoms with van der Waals surface area (Å²) in [6.45, 7) is 4.65. The molecular formula is C17H33NS. The van der Waals surface area contributed by atoms with Gasteiger partial charge in [0.15, 0.2) is 0 Å².